The second-order valence-electron chi connectivity index (χ2n) is 5.90. The highest BCUT2D eigenvalue weighted by atomic mass is 16.5. The summed E-state index contributed by atoms with van der Waals surface area (Å²) in [7, 11) is 0. The Balaban J connectivity index is 1.63. The molecule has 0 fully saturated rings. The summed E-state index contributed by atoms with van der Waals surface area (Å²) in [5, 5.41) is 12.2. The lowest BCUT2D eigenvalue weighted by Crippen LogP contribution is -2.27. The van der Waals surface area contributed by atoms with Gasteiger partial charge >= 0.3 is 0 Å². The summed E-state index contributed by atoms with van der Waals surface area (Å²) >= 11 is 0. The number of nitrogens with one attached hydrogen (secondary N) is 2. The molecule has 1 atom stereocenters. The van der Waals surface area contributed by atoms with Crippen molar-refractivity contribution >= 4 is 5.91 Å². The van der Waals surface area contributed by atoms with E-state index in [9.17, 15) is 10.1 Å². The van der Waals surface area contributed by atoms with Crippen molar-refractivity contribution in [1.82, 2.24) is 10.3 Å². The number of hydrogen-bond acceptors (Lipinski definition) is 3. The first-order chi connectivity index (χ1) is 12.7. The topological polar surface area (TPSA) is 77.9 Å². The first-order valence-electron chi connectivity index (χ1n) is 8.28. The number of nitriles is 1. The summed E-state index contributed by atoms with van der Waals surface area (Å²) in [6.45, 7) is 2.29. The highest BCUT2D eigenvalue weighted by Crippen LogP contribution is 2.19. The molecule has 1 heterocycles. The lowest BCUT2D eigenvalue weighted by molar-refractivity contribution is 0.0944. The third-order valence-corrected chi connectivity index (χ3v) is 4.06. The molecule has 1 aromatic heterocycles. The molecule has 0 radical (unpaired) electrons. The molecule has 0 aliphatic carbocycles. The van der Waals surface area contributed by atoms with E-state index in [-0.39, 0.29) is 5.91 Å². The smallest absolute Gasteiger partial charge is 0.254 e. The van der Waals surface area contributed by atoms with Crippen molar-refractivity contribution in [3.05, 3.63) is 89.2 Å². The maximum Gasteiger partial charge on any atom is 0.254 e. The number of aromatic nitrogens is 1. The Kier molecular flexibility index (Phi) is 5.35. The van der Waals surface area contributed by atoms with E-state index in [1.807, 2.05) is 37.3 Å². The Hall–Kier alpha value is -3.52. The van der Waals surface area contributed by atoms with Gasteiger partial charge < -0.3 is 15.0 Å². The van der Waals surface area contributed by atoms with E-state index in [2.05, 4.69) is 16.4 Å². The minimum Gasteiger partial charge on any atom is -0.489 e. The second-order valence-corrected chi connectivity index (χ2v) is 5.90. The lowest BCUT2D eigenvalue weighted by Gasteiger charge is -2.13. The maximum absolute atomic E-state index is 12.3. The van der Waals surface area contributed by atoms with Crippen molar-refractivity contribution < 1.29 is 9.53 Å². The Morgan fingerprint density at radius 1 is 1.15 bits per heavy atom. The summed E-state index contributed by atoms with van der Waals surface area (Å²) in [5.74, 6) is 0.432. The molecule has 0 saturated heterocycles. The zero-order chi connectivity index (χ0) is 18.4. The van der Waals surface area contributed by atoms with Gasteiger partial charge in [0.25, 0.3) is 5.91 Å². The zero-order valence-corrected chi connectivity index (χ0v) is 14.4. The van der Waals surface area contributed by atoms with Crippen LogP contribution in [0.3, 0.4) is 0 Å². The molecule has 1 amide bonds. The molecule has 130 valence electrons. The van der Waals surface area contributed by atoms with E-state index in [0.717, 1.165) is 11.3 Å². The van der Waals surface area contributed by atoms with Crippen LogP contribution in [0, 0.1) is 18.3 Å². The van der Waals surface area contributed by atoms with Crippen LogP contribution < -0.4 is 10.1 Å². The fourth-order valence-electron chi connectivity index (χ4n) is 2.60. The fourth-order valence-corrected chi connectivity index (χ4v) is 2.60. The summed E-state index contributed by atoms with van der Waals surface area (Å²) < 4.78 is 5.74. The van der Waals surface area contributed by atoms with Crippen molar-refractivity contribution in [2.45, 2.75) is 19.6 Å². The SMILES string of the molecule is Cc1[nH]ccc1C(=O)N[C@H](C#N)c1ccc(OCc2ccccc2)cc1. The predicted octanol–water partition coefficient (Wildman–Crippen LogP) is 3.90. The molecule has 0 saturated carbocycles. The van der Waals surface area contributed by atoms with Crippen LogP contribution in [0.15, 0.2) is 66.9 Å². The van der Waals surface area contributed by atoms with E-state index in [4.69, 9.17) is 4.74 Å². The second kappa shape index (κ2) is 8.04. The van der Waals surface area contributed by atoms with Crippen molar-refractivity contribution in [3.63, 3.8) is 0 Å². The highest BCUT2D eigenvalue weighted by Gasteiger charge is 2.17. The molecule has 0 unspecified atom stereocenters. The number of amides is 1. The maximum atomic E-state index is 12.3. The molecule has 0 aliphatic heterocycles. The van der Waals surface area contributed by atoms with Gasteiger partial charge in [-0.25, -0.2) is 0 Å². The van der Waals surface area contributed by atoms with Gasteiger partial charge in [0, 0.05) is 11.9 Å². The minimum atomic E-state index is -0.722. The monoisotopic (exact) mass is 345 g/mol. The molecule has 3 aromatic rings. The summed E-state index contributed by atoms with van der Waals surface area (Å²) in [5.41, 5.74) is 3.10. The largest absolute Gasteiger partial charge is 0.489 e. The molecule has 0 spiro atoms. The molecule has 3 rings (SSSR count). The first-order valence-corrected chi connectivity index (χ1v) is 8.28. The lowest BCUT2D eigenvalue weighted by atomic mass is 10.1. The van der Waals surface area contributed by atoms with Crippen molar-refractivity contribution in [1.29, 1.82) is 5.26 Å². The van der Waals surface area contributed by atoms with Gasteiger partial charge in [0.05, 0.1) is 11.6 Å². The normalized spacial score (nSPS) is 11.4. The third kappa shape index (κ3) is 4.11. The molecule has 2 N–H and O–H groups in total. The average molecular weight is 345 g/mol. The molecule has 2 aromatic carbocycles. The van der Waals surface area contributed by atoms with E-state index < -0.39 is 6.04 Å². The van der Waals surface area contributed by atoms with Crippen LogP contribution in [0.2, 0.25) is 0 Å². The van der Waals surface area contributed by atoms with Crippen molar-refractivity contribution in [2.24, 2.45) is 0 Å². The van der Waals surface area contributed by atoms with Crippen molar-refractivity contribution in [2.75, 3.05) is 0 Å². The van der Waals surface area contributed by atoms with Crippen molar-refractivity contribution in [3.8, 4) is 11.8 Å². The quantitative estimate of drug-likeness (QED) is 0.711. The highest BCUT2D eigenvalue weighted by molar-refractivity contribution is 5.95. The Morgan fingerprint density at radius 2 is 1.88 bits per heavy atom. The first kappa shape index (κ1) is 17.3. The van der Waals surface area contributed by atoms with Crippen LogP contribution in [0.4, 0.5) is 0 Å². The van der Waals surface area contributed by atoms with Crippen LogP contribution in [0.5, 0.6) is 5.75 Å². The van der Waals surface area contributed by atoms with Gasteiger partial charge in [-0.05, 0) is 36.2 Å². The summed E-state index contributed by atoms with van der Waals surface area (Å²) in [4.78, 5) is 15.2. The Bertz CT molecular complexity index is 908. The number of nitrogens with zero attached hydrogens (tertiary/aromatic N) is 1. The van der Waals surface area contributed by atoms with Gasteiger partial charge in [0.15, 0.2) is 0 Å². The van der Waals surface area contributed by atoms with Gasteiger partial charge in [-0.1, -0.05) is 42.5 Å². The van der Waals surface area contributed by atoms with Gasteiger partial charge in [-0.2, -0.15) is 5.26 Å². The van der Waals surface area contributed by atoms with Crippen LogP contribution in [0.25, 0.3) is 0 Å². The van der Waals surface area contributed by atoms with E-state index in [1.54, 1.807) is 36.5 Å². The standard InChI is InChI=1S/C21H19N3O2/c1-15-19(11-12-23-15)21(25)24-20(13-22)17-7-9-18(10-8-17)26-14-16-5-3-2-4-6-16/h2-12,20,23H,14H2,1H3,(H,24,25)/t20-/m1/s1. The van der Waals surface area contributed by atoms with Gasteiger partial charge in [-0.15, -0.1) is 0 Å². The Morgan fingerprint density at radius 3 is 2.50 bits per heavy atom. The number of benzene rings is 2. The molecule has 0 bridgehead atoms. The number of aromatic amines is 1. The van der Waals surface area contributed by atoms with Crippen LogP contribution >= 0.6 is 0 Å². The number of hydrogen-bond donors (Lipinski definition) is 2. The summed E-state index contributed by atoms with van der Waals surface area (Å²) in [6.07, 6.45) is 1.70. The third-order valence-electron chi connectivity index (χ3n) is 4.06. The number of ether oxygens (including phenoxy) is 1. The van der Waals surface area contributed by atoms with E-state index >= 15 is 0 Å². The Labute approximate surface area is 152 Å². The number of H-pyrrole nitrogens is 1. The molecule has 5 heteroatoms. The molecular weight excluding hydrogens is 326 g/mol. The number of carbonyl (C=O) groups excluding carboxylic acids is 1. The van der Waals surface area contributed by atoms with E-state index in [0.29, 0.717) is 23.5 Å². The molecule has 26 heavy (non-hydrogen) atoms. The van der Waals surface area contributed by atoms with Gasteiger partial charge in [0.2, 0.25) is 0 Å². The molecular formula is C21H19N3O2. The minimum absolute atomic E-state index is 0.278. The van der Waals surface area contributed by atoms with E-state index in [1.165, 1.54) is 0 Å². The predicted molar refractivity (Wildman–Crippen MR) is 98.6 cm³/mol. The van der Waals surface area contributed by atoms with Crippen LogP contribution in [-0.4, -0.2) is 10.9 Å². The van der Waals surface area contributed by atoms with Gasteiger partial charge in [-0.3, -0.25) is 4.79 Å². The molecule has 0 aliphatic rings. The van der Waals surface area contributed by atoms with Crippen LogP contribution in [-0.2, 0) is 6.61 Å². The van der Waals surface area contributed by atoms with Gasteiger partial charge in [0.1, 0.15) is 18.4 Å². The zero-order valence-electron chi connectivity index (χ0n) is 14.4. The number of rotatable bonds is 6. The fraction of sp³-hybridized carbons (Fsp3) is 0.143. The average Bonchev–Trinajstić information content (AvgIpc) is 3.12. The molecule has 5 nitrogen and oxygen atoms in total. The van der Waals surface area contributed by atoms with Crippen LogP contribution in [0.1, 0.15) is 33.2 Å². The number of aryl methyl sites for hydroxylation is 1. The summed E-state index contributed by atoms with van der Waals surface area (Å²) in [6, 6.07) is 20.2. The number of carbonyl (C=O) groups is 1.